The predicted octanol–water partition coefficient (Wildman–Crippen LogP) is 2.26. The van der Waals surface area contributed by atoms with Gasteiger partial charge in [0.2, 0.25) is 0 Å². The number of hydrogen-bond acceptors (Lipinski definition) is 3. The molecule has 0 saturated heterocycles. The first kappa shape index (κ1) is 10.9. The van der Waals surface area contributed by atoms with Crippen molar-refractivity contribution in [2.24, 2.45) is 0 Å². The molecule has 1 rings (SSSR count). The van der Waals surface area contributed by atoms with E-state index in [1.807, 2.05) is 4.90 Å². The highest BCUT2D eigenvalue weighted by atomic mass is 16.5. The summed E-state index contributed by atoms with van der Waals surface area (Å²) >= 11 is 0. The van der Waals surface area contributed by atoms with E-state index in [0.717, 1.165) is 12.8 Å². The van der Waals surface area contributed by atoms with Crippen LogP contribution < -0.4 is 0 Å². The molecule has 0 atom stereocenters. The molecule has 0 aromatic rings. The van der Waals surface area contributed by atoms with E-state index in [4.69, 9.17) is 10.00 Å². The fourth-order valence-corrected chi connectivity index (χ4v) is 1.94. The molecule has 0 amide bonds. The highest BCUT2D eigenvalue weighted by Gasteiger charge is 2.19. The second-order valence-corrected chi connectivity index (χ2v) is 3.62. The maximum Gasteiger partial charge on any atom is 0.179 e. The van der Waals surface area contributed by atoms with Crippen LogP contribution >= 0.6 is 0 Å². The Balaban J connectivity index is 2.29. The van der Waals surface area contributed by atoms with E-state index in [9.17, 15) is 0 Å². The highest BCUT2D eigenvalue weighted by molar-refractivity contribution is 4.84. The first-order valence-electron chi connectivity index (χ1n) is 5.27. The third-order valence-corrected chi connectivity index (χ3v) is 2.71. The van der Waals surface area contributed by atoms with Crippen molar-refractivity contribution in [3.05, 3.63) is 12.8 Å². The molecular weight excluding hydrogens is 176 g/mol. The molecule has 78 valence electrons. The van der Waals surface area contributed by atoms with Gasteiger partial charge in [-0.25, -0.2) is 0 Å². The monoisotopic (exact) mass is 194 g/mol. The van der Waals surface area contributed by atoms with Gasteiger partial charge in [0.1, 0.15) is 6.61 Å². The van der Waals surface area contributed by atoms with Crippen LogP contribution in [0.4, 0.5) is 0 Å². The Kier molecular flexibility index (Phi) is 4.92. The third-order valence-electron chi connectivity index (χ3n) is 2.71. The van der Waals surface area contributed by atoms with Gasteiger partial charge in [0.25, 0.3) is 0 Å². The normalized spacial score (nSPS) is 17.1. The summed E-state index contributed by atoms with van der Waals surface area (Å²) < 4.78 is 5.03. The number of nitriles is 1. The minimum atomic E-state index is 0.446. The van der Waals surface area contributed by atoms with Crippen LogP contribution in [0.1, 0.15) is 32.1 Å². The van der Waals surface area contributed by atoms with Crippen molar-refractivity contribution in [1.29, 1.82) is 5.26 Å². The van der Waals surface area contributed by atoms with Gasteiger partial charge < -0.3 is 9.64 Å². The summed E-state index contributed by atoms with van der Waals surface area (Å²) in [7, 11) is 0. The minimum absolute atomic E-state index is 0.446. The van der Waals surface area contributed by atoms with Crippen LogP contribution in [0.3, 0.4) is 0 Å². The summed E-state index contributed by atoms with van der Waals surface area (Å²) in [5.41, 5.74) is 0. The Hall–Kier alpha value is -1.17. The summed E-state index contributed by atoms with van der Waals surface area (Å²) in [6.45, 7) is 4.72. The van der Waals surface area contributed by atoms with Crippen LogP contribution in [0.25, 0.3) is 0 Å². The molecule has 1 aliphatic carbocycles. The summed E-state index contributed by atoms with van der Waals surface area (Å²) in [5.74, 6) is 0. The zero-order valence-corrected chi connectivity index (χ0v) is 8.61. The zero-order chi connectivity index (χ0) is 10.2. The molecule has 1 aliphatic rings. The molecule has 0 N–H and O–H groups in total. The molecule has 0 unspecified atom stereocenters. The van der Waals surface area contributed by atoms with Crippen molar-refractivity contribution < 1.29 is 4.74 Å². The Morgan fingerprint density at radius 3 is 2.71 bits per heavy atom. The predicted molar refractivity (Wildman–Crippen MR) is 55.3 cm³/mol. The van der Waals surface area contributed by atoms with Gasteiger partial charge in [-0.2, -0.15) is 5.26 Å². The summed E-state index contributed by atoms with van der Waals surface area (Å²) in [6, 6.07) is 0.446. The lowest BCUT2D eigenvalue weighted by atomic mass is 9.94. The summed E-state index contributed by atoms with van der Waals surface area (Å²) in [6.07, 6.45) is 9.81. The largest absolute Gasteiger partial charge is 0.500 e. The maximum absolute atomic E-state index is 8.97. The second kappa shape index (κ2) is 6.31. The van der Waals surface area contributed by atoms with E-state index in [-0.39, 0.29) is 0 Å². The molecule has 0 bridgehead atoms. The molecule has 0 aliphatic heterocycles. The van der Waals surface area contributed by atoms with Crippen LogP contribution in [0.2, 0.25) is 0 Å². The fourth-order valence-electron chi connectivity index (χ4n) is 1.94. The van der Waals surface area contributed by atoms with E-state index < -0.39 is 0 Å². The van der Waals surface area contributed by atoms with Crippen molar-refractivity contribution in [2.45, 2.75) is 38.1 Å². The van der Waals surface area contributed by atoms with Crippen molar-refractivity contribution in [3.63, 3.8) is 0 Å². The molecule has 0 aromatic heterocycles. The fraction of sp³-hybridized carbons (Fsp3) is 0.727. The van der Waals surface area contributed by atoms with Crippen LogP contribution in [0.15, 0.2) is 12.8 Å². The molecule has 14 heavy (non-hydrogen) atoms. The van der Waals surface area contributed by atoms with Crippen LogP contribution in [0.5, 0.6) is 0 Å². The van der Waals surface area contributed by atoms with Gasteiger partial charge in [-0.1, -0.05) is 25.8 Å². The van der Waals surface area contributed by atoms with E-state index in [2.05, 4.69) is 12.8 Å². The molecule has 1 fully saturated rings. The van der Waals surface area contributed by atoms with Crippen molar-refractivity contribution in [3.8, 4) is 6.19 Å². The molecule has 1 saturated carbocycles. The van der Waals surface area contributed by atoms with Crippen molar-refractivity contribution in [1.82, 2.24) is 4.90 Å². The minimum Gasteiger partial charge on any atom is -0.500 e. The molecule has 0 radical (unpaired) electrons. The van der Waals surface area contributed by atoms with E-state index in [0.29, 0.717) is 19.2 Å². The van der Waals surface area contributed by atoms with Crippen molar-refractivity contribution >= 4 is 0 Å². The topological polar surface area (TPSA) is 36.3 Å². The van der Waals surface area contributed by atoms with E-state index in [1.165, 1.54) is 25.5 Å². The molecule has 0 spiro atoms. The number of hydrogen-bond donors (Lipinski definition) is 0. The number of ether oxygens (including phenoxy) is 1. The second-order valence-electron chi connectivity index (χ2n) is 3.62. The van der Waals surface area contributed by atoms with Gasteiger partial charge >= 0.3 is 0 Å². The lowest BCUT2D eigenvalue weighted by Gasteiger charge is -2.29. The summed E-state index contributed by atoms with van der Waals surface area (Å²) in [5, 5.41) is 8.97. The van der Waals surface area contributed by atoms with Crippen LogP contribution in [0, 0.1) is 11.5 Å². The number of nitrogens with zero attached hydrogens (tertiary/aromatic N) is 2. The van der Waals surface area contributed by atoms with Crippen molar-refractivity contribution in [2.75, 3.05) is 13.2 Å². The number of rotatable bonds is 5. The van der Waals surface area contributed by atoms with Gasteiger partial charge in [0.15, 0.2) is 6.19 Å². The standard InChI is InChI=1S/C11H18N2O/c1-2-14-9-8-13(10-12)11-6-4-3-5-7-11/h2,11H,1,3-9H2. The van der Waals surface area contributed by atoms with Crippen LogP contribution in [-0.4, -0.2) is 24.1 Å². The first-order chi connectivity index (χ1) is 6.88. The quantitative estimate of drug-likeness (QED) is 0.291. The van der Waals surface area contributed by atoms with Gasteiger partial charge in [-0.15, -0.1) is 0 Å². The maximum atomic E-state index is 8.97. The van der Waals surface area contributed by atoms with Crippen LogP contribution in [-0.2, 0) is 4.74 Å². The molecular formula is C11H18N2O. The van der Waals surface area contributed by atoms with Gasteiger partial charge in [-0.3, -0.25) is 0 Å². The molecule has 3 heteroatoms. The Morgan fingerprint density at radius 1 is 1.43 bits per heavy atom. The Labute approximate surface area is 86.0 Å². The third kappa shape index (κ3) is 3.29. The smallest absolute Gasteiger partial charge is 0.179 e. The Morgan fingerprint density at radius 2 is 2.14 bits per heavy atom. The van der Waals surface area contributed by atoms with Gasteiger partial charge in [0.05, 0.1) is 12.8 Å². The lowest BCUT2D eigenvalue weighted by molar-refractivity contribution is 0.166. The zero-order valence-electron chi connectivity index (χ0n) is 8.61. The highest BCUT2D eigenvalue weighted by Crippen LogP contribution is 2.21. The SMILES string of the molecule is C=COCCN(C#N)C1CCCCC1. The first-order valence-corrected chi connectivity index (χ1v) is 5.27. The van der Waals surface area contributed by atoms with Gasteiger partial charge in [-0.05, 0) is 12.8 Å². The lowest BCUT2D eigenvalue weighted by Crippen LogP contribution is -2.35. The molecule has 3 nitrogen and oxygen atoms in total. The molecule has 0 aromatic carbocycles. The van der Waals surface area contributed by atoms with Gasteiger partial charge in [0, 0.05) is 6.04 Å². The summed E-state index contributed by atoms with van der Waals surface area (Å²) in [4.78, 5) is 1.85. The molecule has 0 heterocycles. The average Bonchev–Trinajstić information content (AvgIpc) is 2.26. The van der Waals surface area contributed by atoms with E-state index >= 15 is 0 Å². The van der Waals surface area contributed by atoms with E-state index in [1.54, 1.807) is 0 Å². The average molecular weight is 194 g/mol. The Bertz CT molecular complexity index is 204.